The van der Waals surface area contributed by atoms with E-state index in [1.165, 1.54) is 69.8 Å². The molecule has 1 saturated heterocycles. The minimum Gasteiger partial charge on any atom is -0.458 e. The molecular weight excluding hydrogens is 546 g/mol. The number of quaternary nitrogens is 1. The van der Waals surface area contributed by atoms with Crippen LogP contribution in [0.2, 0.25) is 0 Å². The lowest BCUT2D eigenvalue weighted by Crippen LogP contribution is -2.60. The molecule has 0 aromatic heterocycles. The smallest absolute Gasteiger partial charge is 0.362 e. The Morgan fingerprint density at radius 2 is 1.66 bits per heavy atom. The predicted octanol–water partition coefficient (Wildman–Crippen LogP) is 7.93. The molecule has 4 aliphatic carbocycles. The molecule has 5 aliphatic rings. The van der Waals surface area contributed by atoms with Crippen LogP contribution in [0, 0.1) is 51.2 Å². The highest BCUT2D eigenvalue weighted by Gasteiger charge is 2.61. The molecule has 9 atom stereocenters. The van der Waals surface area contributed by atoms with Gasteiger partial charge in [-0.05, 0) is 111 Å². The average Bonchev–Trinajstić information content (AvgIpc) is 3.37. The molecule has 0 bridgehead atoms. The zero-order valence-electron chi connectivity index (χ0n) is 29.6. The second-order valence-electron chi connectivity index (χ2n) is 18.2. The number of nitrogens with zero attached hydrogens (tertiary/aromatic N) is 1. The summed E-state index contributed by atoms with van der Waals surface area (Å²) in [6.45, 7) is 21.5. The first kappa shape index (κ1) is 34.4. The monoisotopic (exact) mass is 615 g/mol. The van der Waals surface area contributed by atoms with Crippen LogP contribution in [0.3, 0.4) is 0 Å². The highest BCUT2D eigenvalue weighted by molar-refractivity contribution is 5.71. The number of hydrogen-bond acceptors (Lipinski definition) is 4. The molecule has 0 aromatic rings. The van der Waals surface area contributed by atoms with Gasteiger partial charge in [-0.2, -0.15) is 0 Å². The molecule has 1 heterocycles. The standard InChI is InChI=1S/C39H68NO4/c1-9-37(6)20-15-31-36(4,5)33(44-34(43)25-40(8)23-17-29(42)18-24-40)16-21-38(31,7)32(37)13-12-28-11-10-19-39(26-41)22-14-30(27(2)3)35(28)39/h28-33,35,41-42H,2,9-26H2,1,3-8H3/q+1/t28?,29?,30-,31?,32?,33?,35?,37+,38-,39-,40?/m0/s1. The van der Waals surface area contributed by atoms with Crippen molar-refractivity contribution in [3.63, 3.8) is 0 Å². The quantitative estimate of drug-likeness (QED) is 0.157. The van der Waals surface area contributed by atoms with Gasteiger partial charge in [0, 0.05) is 24.9 Å². The summed E-state index contributed by atoms with van der Waals surface area (Å²) >= 11 is 0. The average molecular weight is 615 g/mol. The topological polar surface area (TPSA) is 66.8 Å². The van der Waals surface area contributed by atoms with Crippen LogP contribution in [0.5, 0.6) is 0 Å². The van der Waals surface area contributed by atoms with Crippen molar-refractivity contribution in [3.05, 3.63) is 12.2 Å². The van der Waals surface area contributed by atoms with Crippen LogP contribution >= 0.6 is 0 Å². The Labute approximate surface area is 270 Å². The van der Waals surface area contributed by atoms with Gasteiger partial charge in [0.25, 0.3) is 0 Å². The summed E-state index contributed by atoms with van der Waals surface area (Å²) in [6.07, 6.45) is 15.8. The molecule has 1 aliphatic heterocycles. The third-order valence-corrected chi connectivity index (χ3v) is 15.3. The van der Waals surface area contributed by atoms with Crippen molar-refractivity contribution in [1.29, 1.82) is 0 Å². The summed E-state index contributed by atoms with van der Waals surface area (Å²) in [5.74, 6) is 3.01. The number of likely N-dealkylation sites (tertiary alicyclic amines) is 1. The van der Waals surface area contributed by atoms with Crippen LogP contribution in [0.1, 0.15) is 131 Å². The van der Waals surface area contributed by atoms with Crippen molar-refractivity contribution >= 4 is 5.97 Å². The Bertz CT molecular complexity index is 1050. The number of esters is 1. The van der Waals surface area contributed by atoms with Crippen molar-refractivity contribution < 1.29 is 24.2 Å². The highest BCUT2D eigenvalue weighted by Crippen LogP contribution is 2.67. The van der Waals surface area contributed by atoms with E-state index in [4.69, 9.17) is 4.74 Å². The van der Waals surface area contributed by atoms with E-state index >= 15 is 0 Å². The van der Waals surface area contributed by atoms with E-state index in [0.29, 0.717) is 52.6 Å². The van der Waals surface area contributed by atoms with Gasteiger partial charge in [0.1, 0.15) is 6.10 Å². The Morgan fingerprint density at radius 3 is 2.30 bits per heavy atom. The van der Waals surface area contributed by atoms with Gasteiger partial charge in [0.2, 0.25) is 0 Å². The summed E-state index contributed by atoms with van der Waals surface area (Å²) in [7, 11) is 2.15. The lowest BCUT2D eigenvalue weighted by molar-refractivity contribution is -0.908. The number of rotatable bonds is 9. The molecule has 5 unspecified atom stereocenters. The van der Waals surface area contributed by atoms with Gasteiger partial charge in [-0.15, -0.1) is 0 Å². The summed E-state index contributed by atoms with van der Waals surface area (Å²) in [6, 6.07) is 0. The minimum absolute atomic E-state index is 0.0278. The maximum atomic E-state index is 13.4. The van der Waals surface area contributed by atoms with Crippen molar-refractivity contribution in [2.75, 3.05) is 33.3 Å². The first-order valence-electron chi connectivity index (χ1n) is 18.6. The van der Waals surface area contributed by atoms with Gasteiger partial charge in [0.15, 0.2) is 6.54 Å². The molecule has 44 heavy (non-hydrogen) atoms. The molecule has 5 fully saturated rings. The van der Waals surface area contributed by atoms with Gasteiger partial charge in [0.05, 0.1) is 26.2 Å². The van der Waals surface area contributed by atoms with E-state index in [1.807, 2.05) is 0 Å². The van der Waals surface area contributed by atoms with Gasteiger partial charge in [-0.25, -0.2) is 4.79 Å². The van der Waals surface area contributed by atoms with Gasteiger partial charge < -0.3 is 19.4 Å². The third-order valence-electron chi connectivity index (χ3n) is 15.3. The van der Waals surface area contributed by atoms with Crippen LogP contribution in [0.4, 0.5) is 0 Å². The molecule has 2 N–H and O–H groups in total. The molecule has 0 spiro atoms. The zero-order valence-corrected chi connectivity index (χ0v) is 29.6. The Kier molecular flexibility index (Phi) is 9.86. The van der Waals surface area contributed by atoms with Gasteiger partial charge in [-0.3, -0.25) is 0 Å². The SMILES string of the molecule is C=C(C)[C@@H]1CC[C@]2(CO)CCCC(CCC3[C@](C)(CC)CCC4C(C)(C)C(OC(=O)C[N+]5(C)CCC(O)CC5)CC[C@@]43C)C12. The Morgan fingerprint density at radius 1 is 0.955 bits per heavy atom. The van der Waals surface area contributed by atoms with Crippen molar-refractivity contribution in [2.24, 2.45) is 51.2 Å². The fourth-order valence-electron chi connectivity index (χ4n) is 12.5. The van der Waals surface area contributed by atoms with Crippen molar-refractivity contribution in [2.45, 2.75) is 144 Å². The van der Waals surface area contributed by atoms with Crippen LogP contribution < -0.4 is 0 Å². The van der Waals surface area contributed by atoms with Gasteiger partial charge in [-0.1, -0.05) is 66.0 Å². The molecule has 252 valence electrons. The molecule has 0 aromatic carbocycles. The van der Waals surface area contributed by atoms with E-state index in [9.17, 15) is 15.0 Å². The number of ether oxygens (including phenoxy) is 1. The number of aliphatic hydroxyl groups is 2. The van der Waals surface area contributed by atoms with Crippen LogP contribution in [-0.4, -0.2) is 66.2 Å². The molecule has 0 amide bonds. The van der Waals surface area contributed by atoms with E-state index in [-0.39, 0.29) is 34.4 Å². The number of carbonyl (C=O) groups is 1. The van der Waals surface area contributed by atoms with Crippen molar-refractivity contribution in [3.8, 4) is 0 Å². The number of likely N-dealkylation sites (N-methyl/N-ethyl adjacent to an activating group) is 1. The van der Waals surface area contributed by atoms with E-state index in [0.717, 1.165) is 38.8 Å². The second-order valence-corrected chi connectivity index (χ2v) is 18.2. The summed E-state index contributed by atoms with van der Waals surface area (Å²) in [5, 5.41) is 20.7. The number of hydrogen-bond donors (Lipinski definition) is 2. The zero-order chi connectivity index (χ0) is 32.1. The summed E-state index contributed by atoms with van der Waals surface area (Å²) in [4.78, 5) is 13.4. The molecule has 5 nitrogen and oxygen atoms in total. The molecular formula is C39H68NO4+. The lowest BCUT2D eigenvalue weighted by atomic mass is 9.41. The van der Waals surface area contributed by atoms with Crippen molar-refractivity contribution in [1.82, 2.24) is 0 Å². The number of piperidine rings is 1. The highest BCUT2D eigenvalue weighted by atomic mass is 16.5. The molecule has 5 rings (SSSR count). The molecule has 0 radical (unpaired) electrons. The molecule has 4 saturated carbocycles. The first-order chi connectivity index (χ1) is 20.6. The van der Waals surface area contributed by atoms with E-state index < -0.39 is 0 Å². The lowest BCUT2D eigenvalue weighted by Gasteiger charge is -2.64. The predicted molar refractivity (Wildman–Crippen MR) is 179 cm³/mol. The van der Waals surface area contributed by atoms with Crippen LogP contribution in [0.25, 0.3) is 0 Å². The largest absolute Gasteiger partial charge is 0.458 e. The fourth-order valence-corrected chi connectivity index (χ4v) is 12.5. The van der Waals surface area contributed by atoms with Gasteiger partial charge >= 0.3 is 5.97 Å². The molecule has 5 heteroatoms. The maximum Gasteiger partial charge on any atom is 0.362 e. The number of aliphatic hydroxyl groups excluding tert-OH is 2. The van der Waals surface area contributed by atoms with E-state index in [2.05, 4.69) is 55.2 Å². The van der Waals surface area contributed by atoms with Crippen LogP contribution in [-0.2, 0) is 9.53 Å². The van der Waals surface area contributed by atoms with E-state index in [1.54, 1.807) is 0 Å². The minimum atomic E-state index is -0.221. The fraction of sp³-hybridized carbons (Fsp3) is 0.923. The number of allylic oxidation sites excluding steroid dienone is 1. The second kappa shape index (κ2) is 12.6. The number of carbonyl (C=O) groups excluding carboxylic acids is 1. The summed E-state index contributed by atoms with van der Waals surface area (Å²) < 4.78 is 7.11. The maximum absolute atomic E-state index is 13.4. The summed E-state index contributed by atoms with van der Waals surface area (Å²) in [5.41, 5.74) is 1.98. The van der Waals surface area contributed by atoms with Crippen LogP contribution in [0.15, 0.2) is 12.2 Å². The first-order valence-corrected chi connectivity index (χ1v) is 18.6. The normalized spacial score (nSPS) is 47.0. The Hall–Kier alpha value is -0.910. The third kappa shape index (κ3) is 6.10. The Balaban J connectivity index is 1.31. The number of fused-ring (bicyclic) bond motifs is 2.